The van der Waals surface area contributed by atoms with E-state index in [1.807, 2.05) is 72.8 Å². The fourth-order valence-electron chi connectivity index (χ4n) is 6.51. The van der Waals surface area contributed by atoms with Gasteiger partial charge >= 0.3 is 0 Å². The molecule has 198 valence electrons. The molecule has 8 nitrogen and oxygen atoms in total. The summed E-state index contributed by atoms with van der Waals surface area (Å²) in [5, 5.41) is 26.8. The van der Waals surface area contributed by atoms with Crippen LogP contribution in [0, 0.1) is 20.2 Å². The summed E-state index contributed by atoms with van der Waals surface area (Å²) < 4.78 is 0. The maximum Gasteiger partial charge on any atom is 0.284 e. The van der Waals surface area contributed by atoms with Crippen molar-refractivity contribution in [2.45, 2.75) is 0 Å². The molecule has 0 N–H and O–H groups in total. The number of hydrogen-bond acceptors (Lipinski definition) is 6. The summed E-state index contributed by atoms with van der Waals surface area (Å²) in [6.07, 6.45) is 0. The van der Waals surface area contributed by atoms with Gasteiger partial charge < -0.3 is 0 Å². The van der Waals surface area contributed by atoms with Gasteiger partial charge in [-0.1, -0.05) is 60.7 Å². The summed E-state index contributed by atoms with van der Waals surface area (Å²) in [6, 6.07) is 28.1. The average molecular weight is 549 g/mol. The standard InChI is InChI=1S/C34H16N2O6/c37-33-23-8-2-1-7-22(23)26-13-19(11-17-5-3-9-24(33)30(17)26)20-12-18-6-4-10-25-31(18)27(14-20)32-28(34(25)38)15-21(35(39)40)16-29(32)36(41)42/h1-16H. The molecule has 2 aliphatic carbocycles. The highest BCUT2D eigenvalue weighted by atomic mass is 16.6. The molecule has 42 heavy (non-hydrogen) atoms. The van der Waals surface area contributed by atoms with Crippen LogP contribution in [0.1, 0.15) is 31.8 Å². The van der Waals surface area contributed by atoms with Crippen molar-refractivity contribution in [2.24, 2.45) is 0 Å². The summed E-state index contributed by atoms with van der Waals surface area (Å²) in [6.45, 7) is 0. The van der Waals surface area contributed by atoms with E-state index in [0.717, 1.165) is 45.2 Å². The zero-order valence-electron chi connectivity index (χ0n) is 21.6. The summed E-state index contributed by atoms with van der Waals surface area (Å²) in [5.41, 5.74) is 4.36. The number of nitro benzene ring substituents is 2. The number of non-ortho nitro benzene ring substituents is 1. The molecule has 8 heteroatoms. The number of fused-ring (bicyclic) bond motifs is 4. The molecule has 0 bridgehead atoms. The molecule has 0 radical (unpaired) electrons. The zero-order chi connectivity index (χ0) is 28.9. The molecule has 6 aromatic carbocycles. The lowest BCUT2D eigenvalue weighted by molar-refractivity contribution is -0.393. The highest BCUT2D eigenvalue weighted by Gasteiger charge is 2.35. The van der Waals surface area contributed by atoms with Gasteiger partial charge in [0.1, 0.15) is 0 Å². The second-order valence-corrected chi connectivity index (χ2v) is 10.5. The largest absolute Gasteiger partial charge is 0.289 e. The molecule has 0 aromatic heterocycles. The Morgan fingerprint density at radius 2 is 1.02 bits per heavy atom. The molecule has 0 heterocycles. The van der Waals surface area contributed by atoms with Crippen LogP contribution in [-0.2, 0) is 0 Å². The first-order chi connectivity index (χ1) is 20.3. The molecule has 8 rings (SSSR count). The van der Waals surface area contributed by atoms with Crippen LogP contribution in [0.4, 0.5) is 11.4 Å². The summed E-state index contributed by atoms with van der Waals surface area (Å²) in [7, 11) is 0. The SMILES string of the molecule is O=C1c2ccccc2-c2cc(-c3cc4c5c(cccc5c3)C(=O)c3cc([N+](=O)[O-])cc([N+](=O)[O-])c3-4)cc3cccc1c23. The van der Waals surface area contributed by atoms with Gasteiger partial charge in [-0.05, 0) is 62.9 Å². The molecule has 0 amide bonds. The van der Waals surface area contributed by atoms with Gasteiger partial charge in [0.2, 0.25) is 0 Å². The average Bonchev–Trinajstić information content (AvgIpc) is 3.01. The van der Waals surface area contributed by atoms with Crippen LogP contribution in [0.2, 0.25) is 0 Å². The third-order valence-corrected chi connectivity index (χ3v) is 8.26. The van der Waals surface area contributed by atoms with Crippen molar-refractivity contribution in [2.75, 3.05) is 0 Å². The van der Waals surface area contributed by atoms with Gasteiger partial charge in [0.15, 0.2) is 11.6 Å². The van der Waals surface area contributed by atoms with Gasteiger partial charge in [0, 0.05) is 39.1 Å². The molecular weight excluding hydrogens is 532 g/mol. The third kappa shape index (κ3) is 3.11. The fourth-order valence-corrected chi connectivity index (χ4v) is 6.51. The van der Waals surface area contributed by atoms with Crippen LogP contribution in [0.25, 0.3) is 54.9 Å². The molecule has 2 aliphatic rings. The lowest BCUT2D eigenvalue weighted by Gasteiger charge is -2.23. The fraction of sp³-hybridized carbons (Fsp3) is 0. The van der Waals surface area contributed by atoms with Crippen molar-refractivity contribution in [3.63, 3.8) is 0 Å². The van der Waals surface area contributed by atoms with Gasteiger partial charge in [-0.25, -0.2) is 0 Å². The third-order valence-electron chi connectivity index (χ3n) is 8.26. The number of nitro groups is 2. The van der Waals surface area contributed by atoms with E-state index in [4.69, 9.17) is 0 Å². The lowest BCUT2D eigenvalue weighted by Crippen LogP contribution is -2.12. The quantitative estimate of drug-likeness (QED) is 0.163. The highest BCUT2D eigenvalue weighted by molar-refractivity contribution is 6.28. The van der Waals surface area contributed by atoms with Gasteiger partial charge in [0.05, 0.1) is 21.5 Å². The number of hydrogen-bond donors (Lipinski definition) is 0. The Hall–Kier alpha value is -6.02. The van der Waals surface area contributed by atoms with Gasteiger partial charge in [-0.15, -0.1) is 0 Å². The van der Waals surface area contributed by atoms with Crippen molar-refractivity contribution in [1.82, 2.24) is 0 Å². The Balaban J connectivity index is 1.46. The van der Waals surface area contributed by atoms with Gasteiger partial charge in [-0.2, -0.15) is 0 Å². The van der Waals surface area contributed by atoms with E-state index in [1.54, 1.807) is 12.1 Å². The first-order valence-corrected chi connectivity index (χ1v) is 13.1. The zero-order valence-corrected chi connectivity index (χ0v) is 21.6. The van der Waals surface area contributed by atoms with Crippen LogP contribution >= 0.6 is 0 Å². The topological polar surface area (TPSA) is 120 Å². The summed E-state index contributed by atoms with van der Waals surface area (Å²) in [4.78, 5) is 49.2. The minimum absolute atomic E-state index is 0.0261. The number of ketones is 2. The summed E-state index contributed by atoms with van der Waals surface area (Å²) >= 11 is 0. The Morgan fingerprint density at radius 3 is 1.64 bits per heavy atom. The van der Waals surface area contributed by atoms with Crippen molar-refractivity contribution < 1.29 is 19.4 Å². The predicted octanol–water partition coefficient (Wildman–Crippen LogP) is 7.90. The van der Waals surface area contributed by atoms with E-state index >= 15 is 0 Å². The van der Waals surface area contributed by atoms with Crippen LogP contribution < -0.4 is 0 Å². The molecule has 0 aliphatic heterocycles. The molecular formula is C34H16N2O6. The number of nitrogens with zero attached hydrogens (tertiary/aromatic N) is 2. The minimum atomic E-state index is -0.732. The number of carbonyl (C=O) groups excluding carboxylic acids is 2. The summed E-state index contributed by atoms with van der Waals surface area (Å²) in [5.74, 6) is -0.520. The molecule has 0 atom stereocenters. The second-order valence-electron chi connectivity index (χ2n) is 10.5. The van der Waals surface area contributed by atoms with Crippen molar-refractivity contribution in [3.05, 3.63) is 140 Å². The Kier molecular flexibility index (Phi) is 4.68. The van der Waals surface area contributed by atoms with E-state index in [0.29, 0.717) is 33.0 Å². The monoisotopic (exact) mass is 548 g/mol. The first kappa shape index (κ1) is 23.8. The number of carbonyl (C=O) groups is 2. The van der Waals surface area contributed by atoms with Crippen LogP contribution in [0.5, 0.6) is 0 Å². The van der Waals surface area contributed by atoms with Gasteiger partial charge in [-0.3, -0.25) is 29.8 Å². The highest BCUT2D eigenvalue weighted by Crippen LogP contribution is 2.48. The van der Waals surface area contributed by atoms with E-state index in [9.17, 15) is 29.8 Å². The van der Waals surface area contributed by atoms with Crippen molar-refractivity contribution in [1.29, 1.82) is 0 Å². The molecule has 0 saturated heterocycles. The van der Waals surface area contributed by atoms with Crippen LogP contribution in [0.15, 0.2) is 97.1 Å². The molecule has 0 fully saturated rings. The lowest BCUT2D eigenvalue weighted by atomic mass is 9.79. The van der Waals surface area contributed by atoms with Crippen molar-refractivity contribution in [3.8, 4) is 33.4 Å². The Labute approximate surface area is 236 Å². The second kappa shape index (κ2) is 8.25. The van der Waals surface area contributed by atoms with E-state index < -0.39 is 27.0 Å². The number of benzene rings is 6. The maximum atomic E-state index is 13.5. The molecule has 0 unspecified atom stereocenters. The van der Waals surface area contributed by atoms with E-state index in [-0.39, 0.29) is 16.9 Å². The van der Waals surface area contributed by atoms with Crippen molar-refractivity contribution >= 4 is 44.5 Å². The maximum absolute atomic E-state index is 13.5. The Morgan fingerprint density at radius 1 is 0.476 bits per heavy atom. The predicted molar refractivity (Wildman–Crippen MR) is 158 cm³/mol. The Bertz CT molecular complexity index is 2300. The smallest absolute Gasteiger partial charge is 0.284 e. The van der Waals surface area contributed by atoms with Gasteiger partial charge in [0.25, 0.3) is 11.4 Å². The first-order valence-electron chi connectivity index (χ1n) is 13.1. The van der Waals surface area contributed by atoms with E-state index in [1.165, 1.54) is 0 Å². The normalized spacial score (nSPS) is 12.8. The molecule has 0 saturated carbocycles. The molecule has 6 aromatic rings. The van der Waals surface area contributed by atoms with Crippen LogP contribution in [0.3, 0.4) is 0 Å². The minimum Gasteiger partial charge on any atom is -0.289 e. The number of rotatable bonds is 3. The van der Waals surface area contributed by atoms with E-state index in [2.05, 4.69) is 0 Å². The molecule has 0 spiro atoms. The van der Waals surface area contributed by atoms with Crippen LogP contribution in [-0.4, -0.2) is 21.4 Å².